The number of carbonyl (C=O) groups is 1. The molecule has 1 saturated carbocycles. The molecule has 1 aromatic carbocycles. The van der Waals surface area contributed by atoms with E-state index in [1.807, 2.05) is 0 Å². The Hall–Kier alpha value is -3.06. The summed E-state index contributed by atoms with van der Waals surface area (Å²) in [6.45, 7) is 0.186. The molecule has 1 aliphatic carbocycles. The maximum atomic E-state index is 13.1. The van der Waals surface area contributed by atoms with Gasteiger partial charge in [0, 0.05) is 18.3 Å². The minimum Gasteiger partial charge on any atom is -0.393 e. The molecule has 0 bridgehead atoms. The summed E-state index contributed by atoms with van der Waals surface area (Å²) in [5.74, 6) is -1.07. The van der Waals surface area contributed by atoms with Gasteiger partial charge in [-0.15, -0.1) is 0 Å². The predicted molar refractivity (Wildman–Crippen MR) is 118 cm³/mol. The van der Waals surface area contributed by atoms with E-state index in [-0.39, 0.29) is 35.7 Å². The van der Waals surface area contributed by atoms with E-state index in [0.29, 0.717) is 37.1 Å². The van der Waals surface area contributed by atoms with Crippen LogP contribution in [0.1, 0.15) is 40.2 Å². The van der Waals surface area contributed by atoms with Crippen molar-refractivity contribution in [3.8, 4) is 0 Å². The van der Waals surface area contributed by atoms with E-state index in [0.717, 1.165) is 5.56 Å². The number of carbonyl (C=O) groups excluding carboxylic acids is 1. The molecule has 0 spiro atoms. The summed E-state index contributed by atoms with van der Waals surface area (Å²) in [7, 11) is -4.08. The molecule has 10 nitrogen and oxygen atoms in total. The molecule has 180 valence electrons. The van der Waals surface area contributed by atoms with E-state index in [9.17, 15) is 22.7 Å². The van der Waals surface area contributed by atoms with Crippen molar-refractivity contribution in [1.82, 2.24) is 19.7 Å². The summed E-state index contributed by atoms with van der Waals surface area (Å²) in [4.78, 5) is 21.4. The van der Waals surface area contributed by atoms with Gasteiger partial charge < -0.3 is 5.11 Å². The van der Waals surface area contributed by atoms with Crippen LogP contribution in [-0.4, -0.2) is 51.8 Å². The van der Waals surface area contributed by atoms with Gasteiger partial charge in [0.2, 0.25) is 5.78 Å². The Morgan fingerprint density at radius 1 is 1.24 bits per heavy atom. The number of rotatable bonds is 9. The SMILES string of the molecule is NS(=O)(=O)OC[C@H]1C[C@@H](Cc2ncncc2C(=O)c2ccn(Cc3ccc(F)cc3)n2)C[C@@H]1O. The quantitative estimate of drug-likeness (QED) is 0.426. The maximum Gasteiger partial charge on any atom is 0.333 e. The third kappa shape index (κ3) is 6.08. The van der Waals surface area contributed by atoms with Crippen LogP contribution in [0.2, 0.25) is 0 Å². The van der Waals surface area contributed by atoms with Gasteiger partial charge in [0.25, 0.3) is 0 Å². The lowest BCUT2D eigenvalue weighted by molar-refractivity contribution is 0.100. The van der Waals surface area contributed by atoms with Gasteiger partial charge in [0.05, 0.1) is 30.5 Å². The number of benzene rings is 1. The number of hydrogen-bond acceptors (Lipinski definition) is 8. The molecular formula is C22H24FN5O5S. The van der Waals surface area contributed by atoms with E-state index in [1.165, 1.54) is 24.7 Å². The smallest absolute Gasteiger partial charge is 0.333 e. The zero-order chi connectivity index (χ0) is 24.3. The molecule has 3 aromatic rings. The Balaban J connectivity index is 1.44. The second-order valence-corrected chi connectivity index (χ2v) is 9.60. The third-order valence-electron chi connectivity index (χ3n) is 5.85. The van der Waals surface area contributed by atoms with Gasteiger partial charge in [-0.25, -0.2) is 19.5 Å². The Morgan fingerprint density at radius 2 is 2.00 bits per heavy atom. The van der Waals surface area contributed by atoms with E-state index >= 15 is 0 Å². The highest BCUT2D eigenvalue weighted by atomic mass is 32.2. The molecular weight excluding hydrogens is 465 g/mol. The van der Waals surface area contributed by atoms with Gasteiger partial charge in [-0.1, -0.05) is 12.1 Å². The first-order valence-electron chi connectivity index (χ1n) is 10.6. The number of aliphatic hydroxyl groups is 1. The largest absolute Gasteiger partial charge is 0.393 e. The van der Waals surface area contributed by atoms with E-state index in [1.54, 1.807) is 29.1 Å². The molecule has 3 atom stereocenters. The van der Waals surface area contributed by atoms with Crippen molar-refractivity contribution in [3.05, 3.63) is 77.4 Å². The van der Waals surface area contributed by atoms with Crippen molar-refractivity contribution in [2.45, 2.75) is 31.9 Å². The first-order valence-corrected chi connectivity index (χ1v) is 12.1. The van der Waals surface area contributed by atoms with Crippen LogP contribution >= 0.6 is 0 Å². The monoisotopic (exact) mass is 489 g/mol. The third-order valence-corrected chi connectivity index (χ3v) is 6.32. The molecule has 0 aliphatic heterocycles. The zero-order valence-corrected chi connectivity index (χ0v) is 18.9. The fraction of sp³-hybridized carbons (Fsp3) is 0.364. The predicted octanol–water partition coefficient (Wildman–Crippen LogP) is 1.24. The fourth-order valence-corrected chi connectivity index (χ4v) is 4.57. The fourth-order valence-electron chi connectivity index (χ4n) is 4.21. The van der Waals surface area contributed by atoms with Crippen molar-refractivity contribution in [3.63, 3.8) is 0 Å². The topological polar surface area (TPSA) is 150 Å². The summed E-state index contributed by atoms with van der Waals surface area (Å²) >= 11 is 0. The molecule has 4 rings (SSSR count). The van der Waals surface area contributed by atoms with Gasteiger partial charge in [-0.3, -0.25) is 13.7 Å². The van der Waals surface area contributed by atoms with Crippen LogP contribution in [-0.2, 0) is 27.5 Å². The number of nitrogens with zero attached hydrogens (tertiary/aromatic N) is 4. The zero-order valence-electron chi connectivity index (χ0n) is 18.1. The molecule has 1 fully saturated rings. The van der Waals surface area contributed by atoms with Gasteiger partial charge in [-0.05, 0) is 48.9 Å². The van der Waals surface area contributed by atoms with Crippen LogP contribution in [0.4, 0.5) is 4.39 Å². The van der Waals surface area contributed by atoms with Crippen LogP contribution < -0.4 is 5.14 Å². The van der Waals surface area contributed by atoms with Crippen molar-refractivity contribution in [2.75, 3.05) is 6.61 Å². The highest BCUT2D eigenvalue weighted by molar-refractivity contribution is 7.84. The Labute approximate surface area is 195 Å². The number of aliphatic hydroxyl groups excluding tert-OH is 1. The summed E-state index contributed by atoms with van der Waals surface area (Å²) < 4.78 is 41.4. The lowest BCUT2D eigenvalue weighted by Crippen LogP contribution is -2.24. The van der Waals surface area contributed by atoms with E-state index < -0.39 is 16.4 Å². The molecule has 0 amide bonds. The van der Waals surface area contributed by atoms with E-state index in [2.05, 4.69) is 19.2 Å². The molecule has 1 aliphatic rings. The molecule has 0 radical (unpaired) electrons. The van der Waals surface area contributed by atoms with Crippen LogP contribution in [0, 0.1) is 17.7 Å². The number of ketones is 1. The van der Waals surface area contributed by atoms with Gasteiger partial charge in [-0.2, -0.15) is 13.5 Å². The molecule has 0 saturated heterocycles. The Bertz CT molecular complexity index is 1260. The second kappa shape index (κ2) is 10.1. The number of aromatic nitrogens is 4. The molecule has 12 heteroatoms. The van der Waals surface area contributed by atoms with Gasteiger partial charge in [0.1, 0.15) is 17.8 Å². The molecule has 34 heavy (non-hydrogen) atoms. The summed E-state index contributed by atoms with van der Waals surface area (Å²) in [5.41, 5.74) is 1.91. The first kappa shape index (κ1) is 24.1. The minimum atomic E-state index is -4.08. The standard InChI is InChI=1S/C22H24FN5O5S/c23-17-3-1-14(2-4-17)11-28-6-5-19(27-28)22(30)18-10-25-13-26-20(18)8-15-7-16(21(29)9-15)12-33-34(24,31)32/h1-6,10,13,15-16,21,29H,7-9,11-12H2,(H2,24,31,32)/t15-,16+,21-/m0/s1. The van der Waals surface area contributed by atoms with Crippen molar-refractivity contribution in [2.24, 2.45) is 17.0 Å². The molecule has 2 heterocycles. The lowest BCUT2D eigenvalue weighted by atomic mass is 9.96. The first-order chi connectivity index (χ1) is 16.2. The van der Waals surface area contributed by atoms with Gasteiger partial charge in [0.15, 0.2) is 0 Å². The highest BCUT2D eigenvalue weighted by Gasteiger charge is 2.35. The van der Waals surface area contributed by atoms with Gasteiger partial charge >= 0.3 is 10.3 Å². The van der Waals surface area contributed by atoms with Crippen molar-refractivity contribution in [1.29, 1.82) is 0 Å². The van der Waals surface area contributed by atoms with Crippen molar-refractivity contribution >= 4 is 16.1 Å². The second-order valence-electron chi connectivity index (χ2n) is 8.38. The number of nitrogens with two attached hydrogens (primary N) is 1. The van der Waals surface area contributed by atoms with Crippen LogP contribution in [0.25, 0.3) is 0 Å². The molecule has 2 aromatic heterocycles. The molecule has 3 N–H and O–H groups in total. The Kier molecular flexibility index (Phi) is 7.12. The Morgan fingerprint density at radius 3 is 2.74 bits per heavy atom. The highest BCUT2D eigenvalue weighted by Crippen LogP contribution is 2.34. The van der Waals surface area contributed by atoms with Crippen LogP contribution in [0.5, 0.6) is 0 Å². The van der Waals surface area contributed by atoms with Crippen molar-refractivity contribution < 1.29 is 26.9 Å². The summed E-state index contributed by atoms with van der Waals surface area (Å²) in [6, 6.07) is 7.63. The minimum absolute atomic E-state index is 0.0263. The maximum absolute atomic E-state index is 13.1. The molecule has 0 unspecified atom stereocenters. The lowest BCUT2D eigenvalue weighted by Gasteiger charge is -2.13. The summed E-state index contributed by atoms with van der Waals surface area (Å²) in [5, 5.41) is 19.5. The van der Waals surface area contributed by atoms with Crippen LogP contribution in [0.15, 0.2) is 49.1 Å². The van der Waals surface area contributed by atoms with Crippen LogP contribution in [0.3, 0.4) is 0 Å². The summed E-state index contributed by atoms with van der Waals surface area (Å²) in [6.07, 6.45) is 5.05. The number of hydrogen-bond donors (Lipinski definition) is 2. The average Bonchev–Trinajstić information content (AvgIpc) is 3.39. The normalized spacial score (nSPS) is 20.5. The average molecular weight is 490 g/mol. The number of halogens is 1. The van der Waals surface area contributed by atoms with E-state index in [4.69, 9.17) is 5.14 Å².